The Morgan fingerprint density at radius 1 is 1.07 bits per heavy atom. The number of halogens is 1. The molecule has 0 heterocycles. The Kier molecular flexibility index (Phi) is 7.50. The highest BCUT2D eigenvalue weighted by atomic mass is 19.1. The topological polar surface area (TPSA) is 105 Å². The van der Waals surface area contributed by atoms with Gasteiger partial charge < -0.3 is 20.5 Å². The van der Waals surface area contributed by atoms with Crippen LogP contribution in [-0.2, 0) is 9.59 Å². The number of aliphatic carboxylic acids is 1. The van der Waals surface area contributed by atoms with E-state index in [9.17, 15) is 18.8 Å². The smallest absolute Gasteiger partial charge is 0.325 e. The van der Waals surface area contributed by atoms with Gasteiger partial charge in [-0.2, -0.15) is 0 Å². The van der Waals surface area contributed by atoms with Crippen LogP contribution in [0.1, 0.15) is 30.1 Å². The molecular weight excluding hydrogens is 367 g/mol. The van der Waals surface area contributed by atoms with Crippen molar-refractivity contribution >= 4 is 23.5 Å². The molecule has 0 radical (unpaired) electrons. The Morgan fingerprint density at radius 2 is 1.71 bits per heavy atom. The van der Waals surface area contributed by atoms with Gasteiger partial charge in [0.05, 0.1) is 6.61 Å². The van der Waals surface area contributed by atoms with Crippen molar-refractivity contribution in [2.24, 2.45) is 0 Å². The number of carbonyl (C=O) groups excluding carboxylic acids is 2. The second kappa shape index (κ2) is 10.1. The summed E-state index contributed by atoms with van der Waals surface area (Å²) < 4.78 is 18.2. The zero-order valence-electron chi connectivity index (χ0n) is 15.3. The molecule has 7 nitrogen and oxygen atoms in total. The van der Waals surface area contributed by atoms with E-state index in [1.165, 1.54) is 43.3 Å². The molecule has 3 N–H and O–H groups in total. The second-order valence-electron chi connectivity index (χ2n) is 6.06. The van der Waals surface area contributed by atoms with E-state index in [2.05, 4.69) is 10.6 Å². The first-order chi connectivity index (χ1) is 13.3. The summed E-state index contributed by atoms with van der Waals surface area (Å²) in [6.07, 6.45) is 0.719. The van der Waals surface area contributed by atoms with Gasteiger partial charge in [-0.15, -0.1) is 0 Å². The lowest BCUT2D eigenvalue weighted by molar-refractivity contribution is -0.138. The van der Waals surface area contributed by atoms with Gasteiger partial charge in [0.1, 0.15) is 17.6 Å². The molecule has 0 saturated carbocycles. The molecule has 2 amide bonds. The van der Waals surface area contributed by atoms with Crippen LogP contribution in [0.25, 0.3) is 0 Å². The van der Waals surface area contributed by atoms with Gasteiger partial charge in [-0.1, -0.05) is 0 Å². The Morgan fingerprint density at radius 3 is 2.32 bits per heavy atom. The van der Waals surface area contributed by atoms with Crippen LogP contribution in [0.3, 0.4) is 0 Å². The minimum atomic E-state index is -1.12. The van der Waals surface area contributed by atoms with Gasteiger partial charge in [0.2, 0.25) is 5.91 Å². The summed E-state index contributed by atoms with van der Waals surface area (Å²) in [5.74, 6) is -1.65. The molecule has 2 rings (SSSR count). The second-order valence-corrected chi connectivity index (χ2v) is 6.06. The number of amides is 2. The van der Waals surface area contributed by atoms with Crippen LogP contribution < -0.4 is 15.4 Å². The first kappa shape index (κ1) is 20.9. The van der Waals surface area contributed by atoms with Gasteiger partial charge in [0.25, 0.3) is 5.91 Å². The zero-order chi connectivity index (χ0) is 20.5. The molecule has 2 aromatic rings. The van der Waals surface area contributed by atoms with Gasteiger partial charge in [-0.05, 0) is 61.9 Å². The molecule has 148 valence electrons. The van der Waals surface area contributed by atoms with Crippen LogP contribution in [0.15, 0.2) is 48.5 Å². The van der Waals surface area contributed by atoms with Gasteiger partial charge in [-0.3, -0.25) is 14.4 Å². The van der Waals surface area contributed by atoms with Crippen molar-refractivity contribution in [3.63, 3.8) is 0 Å². The van der Waals surface area contributed by atoms with E-state index in [1.807, 2.05) is 0 Å². The van der Waals surface area contributed by atoms with Crippen molar-refractivity contribution in [3.05, 3.63) is 59.9 Å². The van der Waals surface area contributed by atoms with E-state index >= 15 is 0 Å². The van der Waals surface area contributed by atoms with E-state index in [0.29, 0.717) is 30.0 Å². The summed E-state index contributed by atoms with van der Waals surface area (Å²) in [6, 6.07) is 10.8. The Labute approximate surface area is 161 Å². The van der Waals surface area contributed by atoms with Crippen LogP contribution in [0.4, 0.5) is 10.1 Å². The molecule has 28 heavy (non-hydrogen) atoms. The molecule has 0 bridgehead atoms. The van der Waals surface area contributed by atoms with Gasteiger partial charge in [-0.25, -0.2) is 4.39 Å². The lowest BCUT2D eigenvalue weighted by Gasteiger charge is -2.10. The maximum Gasteiger partial charge on any atom is 0.325 e. The predicted octanol–water partition coefficient (Wildman–Crippen LogP) is 2.83. The van der Waals surface area contributed by atoms with Crippen LogP contribution in [0.5, 0.6) is 5.75 Å². The lowest BCUT2D eigenvalue weighted by Crippen LogP contribution is -2.38. The van der Waals surface area contributed by atoms with E-state index in [-0.39, 0.29) is 18.1 Å². The Bertz CT molecular complexity index is 821. The summed E-state index contributed by atoms with van der Waals surface area (Å²) in [4.78, 5) is 34.6. The fourth-order valence-electron chi connectivity index (χ4n) is 2.22. The molecule has 0 aliphatic carbocycles. The largest absolute Gasteiger partial charge is 0.494 e. The molecule has 0 fully saturated rings. The lowest BCUT2D eigenvalue weighted by atomic mass is 10.1. The van der Waals surface area contributed by atoms with Gasteiger partial charge in [0, 0.05) is 17.7 Å². The van der Waals surface area contributed by atoms with Crippen molar-refractivity contribution < 1.29 is 28.6 Å². The average molecular weight is 388 g/mol. The molecule has 0 aliphatic rings. The highest BCUT2D eigenvalue weighted by Crippen LogP contribution is 2.13. The Balaban J connectivity index is 1.73. The van der Waals surface area contributed by atoms with Crippen molar-refractivity contribution in [2.75, 3.05) is 11.9 Å². The minimum absolute atomic E-state index is 0.209. The molecule has 0 spiro atoms. The SMILES string of the molecule is CC(NC(=O)c1ccc(NC(=O)CCCOc2ccc(F)cc2)cc1)C(=O)O. The van der Waals surface area contributed by atoms with E-state index < -0.39 is 17.9 Å². The number of ether oxygens (including phenoxy) is 1. The van der Waals surface area contributed by atoms with Crippen LogP contribution in [0.2, 0.25) is 0 Å². The summed E-state index contributed by atoms with van der Waals surface area (Å²) in [5, 5.41) is 13.8. The van der Waals surface area contributed by atoms with Crippen molar-refractivity contribution in [3.8, 4) is 5.75 Å². The first-order valence-electron chi connectivity index (χ1n) is 8.67. The third-order valence-electron chi connectivity index (χ3n) is 3.78. The van der Waals surface area contributed by atoms with Gasteiger partial charge in [0.15, 0.2) is 0 Å². The summed E-state index contributed by atoms with van der Waals surface area (Å²) >= 11 is 0. The summed E-state index contributed by atoms with van der Waals surface area (Å²) in [5.41, 5.74) is 0.811. The number of rotatable bonds is 9. The quantitative estimate of drug-likeness (QED) is 0.573. The molecule has 0 aliphatic heterocycles. The third kappa shape index (κ3) is 6.71. The number of benzene rings is 2. The van der Waals surface area contributed by atoms with Crippen molar-refractivity contribution in [1.29, 1.82) is 0 Å². The molecule has 0 aromatic heterocycles. The maximum atomic E-state index is 12.8. The highest BCUT2D eigenvalue weighted by Gasteiger charge is 2.15. The van der Waals surface area contributed by atoms with E-state index in [1.54, 1.807) is 12.1 Å². The van der Waals surface area contributed by atoms with Crippen LogP contribution in [-0.4, -0.2) is 35.5 Å². The average Bonchev–Trinajstić information content (AvgIpc) is 2.67. The van der Waals surface area contributed by atoms with Crippen LogP contribution >= 0.6 is 0 Å². The molecule has 1 unspecified atom stereocenters. The number of carbonyl (C=O) groups is 3. The molecule has 0 saturated heterocycles. The number of anilines is 1. The fourth-order valence-corrected chi connectivity index (χ4v) is 2.22. The van der Waals surface area contributed by atoms with E-state index in [0.717, 1.165) is 0 Å². The van der Waals surface area contributed by atoms with Crippen molar-refractivity contribution in [2.45, 2.75) is 25.8 Å². The van der Waals surface area contributed by atoms with Crippen LogP contribution in [0, 0.1) is 5.82 Å². The number of hydrogen-bond acceptors (Lipinski definition) is 4. The maximum absolute atomic E-state index is 12.8. The Hall–Kier alpha value is -3.42. The minimum Gasteiger partial charge on any atom is -0.494 e. The molecule has 8 heteroatoms. The number of nitrogens with one attached hydrogen (secondary N) is 2. The first-order valence-corrected chi connectivity index (χ1v) is 8.67. The number of carboxylic acid groups (broad SMARTS) is 1. The summed E-state index contributed by atoms with van der Waals surface area (Å²) in [7, 11) is 0. The molecular formula is C20H21FN2O5. The third-order valence-corrected chi connectivity index (χ3v) is 3.78. The van der Waals surface area contributed by atoms with Gasteiger partial charge >= 0.3 is 5.97 Å². The summed E-state index contributed by atoms with van der Waals surface area (Å²) in [6.45, 7) is 1.69. The highest BCUT2D eigenvalue weighted by molar-refractivity contribution is 5.97. The number of carboxylic acids is 1. The fraction of sp³-hybridized carbons (Fsp3) is 0.250. The van der Waals surface area contributed by atoms with E-state index in [4.69, 9.17) is 9.84 Å². The number of hydrogen-bond donors (Lipinski definition) is 3. The van der Waals surface area contributed by atoms with Crippen molar-refractivity contribution in [1.82, 2.24) is 5.32 Å². The zero-order valence-corrected chi connectivity index (χ0v) is 15.3. The predicted molar refractivity (Wildman–Crippen MR) is 101 cm³/mol. The molecule has 2 aromatic carbocycles. The monoisotopic (exact) mass is 388 g/mol. The molecule has 1 atom stereocenters. The normalized spacial score (nSPS) is 11.4. The standard InChI is InChI=1S/C20H21FN2O5/c1-13(20(26)27)22-19(25)14-4-8-16(9-5-14)23-18(24)3-2-12-28-17-10-6-15(21)7-11-17/h4-11,13H,2-3,12H2,1H3,(H,22,25)(H,23,24)(H,26,27).